The molecule has 0 amide bonds. The van der Waals surface area contributed by atoms with Gasteiger partial charge in [-0.2, -0.15) is 0 Å². The fourth-order valence-electron chi connectivity index (χ4n) is 2.25. The van der Waals surface area contributed by atoms with E-state index in [0.717, 1.165) is 23.2 Å². The first-order valence-electron chi connectivity index (χ1n) is 7.43. The molecule has 0 unspecified atom stereocenters. The number of nitrogens with zero attached hydrogens (tertiary/aromatic N) is 1. The smallest absolute Gasteiger partial charge is 0.226 e. The first kappa shape index (κ1) is 15.0. The Bertz CT molecular complexity index is 776. The van der Waals surface area contributed by atoms with Crippen LogP contribution >= 0.6 is 0 Å². The largest absolute Gasteiger partial charge is 0.489 e. The number of aryl methyl sites for hydroxylation is 1. The predicted molar refractivity (Wildman–Crippen MR) is 87.2 cm³/mol. The number of carbonyl (C=O) groups excluding carboxylic acids is 1. The molecule has 116 valence electrons. The van der Waals surface area contributed by atoms with E-state index in [2.05, 4.69) is 4.98 Å². The molecule has 0 bridgehead atoms. The number of carbonyl (C=O) groups is 1. The molecule has 0 aliphatic carbocycles. The van der Waals surface area contributed by atoms with Crippen LogP contribution in [0.4, 0.5) is 0 Å². The molecule has 0 saturated heterocycles. The van der Waals surface area contributed by atoms with Gasteiger partial charge >= 0.3 is 0 Å². The van der Waals surface area contributed by atoms with Gasteiger partial charge in [-0.1, -0.05) is 30.3 Å². The fraction of sp³-hybridized carbons (Fsp3) is 0.158. The maximum atomic E-state index is 10.6. The summed E-state index contributed by atoms with van der Waals surface area (Å²) in [6.45, 7) is 2.34. The van der Waals surface area contributed by atoms with Crippen molar-refractivity contribution in [3.8, 4) is 17.2 Å². The van der Waals surface area contributed by atoms with E-state index in [1.165, 1.54) is 0 Å². The quantitative estimate of drug-likeness (QED) is 0.647. The third kappa shape index (κ3) is 3.66. The lowest BCUT2D eigenvalue weighted by atomic mass is 10.2. The highest BCUT2D eigenvalue weighted by Crippen LogP contribution is 2.24. The summed E-state index contributed by atoms with van der Waals surface area (Å²) in [5.74, 6) is 1.99. The van der Waals surface area contributed by atoms with Gasteiger partial charge in [0.05, 0.1) is 5.69 Å². The Morgan fingerprint density at radius 3 is 2.52 bits per heavy atom. The van der Waals surface area contributed by atoms with Gasteiger partial charge in [-0.3, -0.25) is 0 Å². The van der Waals surface area contributed by atoms with E-state index < -0.39 is 0 Å². The van der Waals surface area contributed by atoms with E-state index in [-0.39, 0.29) is 6.42 Å². The van der Waals surface area contributed by atoms with Crippen molar-refractivity contribution >= 4 is 6.29 Å². The molecule has 0 atom stereocenters. The lowest BCUT2D eigenvalue weighted by Crippen LogP contribution is -1.94. The molecule has 4 heteroatoms. The van der Waals surface area contributed by atoms with Crippen molar-refractivity contribution < 1.29 is 13.9 Å². The Balaban J connectivity index is 1.69. The second kappa shape index (κ2) is 6.92. The van der Waals surface area contributed by atoms with Crippen molar-refractivity contribution in [2.24, 2.45) is 0 Å². The first-order valence-corrected chi connectivity index (χ1v) is 7.43. The van der Waals surface area contributed by atoms with Crippen LogP contribution in [-0.4, -0.2) is 11.3 Å². The zero-order chi connectivity index (χ0) is 16.1. The van der Waals surface area contributed by atoms with E-state index in [1.807, 2.05) is 61.5 Å². The minimum Gasteiger partial charge on any atom is -0.489 e. The van der Waals surface area contributed by atoms with Crippen molar-refractivity contribution in [1.29, 1.82) is 0 Å². The topological polar surface area (TPSA) is 52.3 Å². The van der Waals surface area contributed by atoms with Gasteiger partial charge in [0.2, 0.25) is 5.89 Å². The Morgan fingerprint density at radius 1 is 1.09 bits per heavy atom. The lowest BCUT2D eigenvalue weighted by Gasteiger charge is -2.06. The molecule has 1 aromatic heterocycles. The lowest BCUT2D eigenvalue weighted by molar-refractivity contribution is -0.107. The second-order valence-corrected chi connectivity index (χ2v) is 5.19. The average Bonchev–Trinajstić information content (AvgIpc) is 2.96. The minimum atomic E-state index is 0.271. The number of ether oxygens (including phenoxy) is 1. The standard InChI is InChI=1S/C19H17NO3/c1-14-18(11-12-21)20-19(23-14)16-7-9-17(10-8-16)22-13-15-5-3-2-4-6-15/h2-10,12H,11,13H2,1H3. The van der Waals surface area contributed by atoms with Crippen molar-refractivity contribution in [2.45, 2.75) is 20.0 Å². The van der Waals surface area contributed by atoms with Crippen LogP contribution in [0.5, 0.6) is 5.75 Å². The number of aldehydes is 1. The third-order valence-corrected chi connectivity index (χ3v) is 3.52. The van der Waals surface area contributed by atoms with Crippen LogP contribution in [0.3, 0.4) is 0 Å². The van der Waals surface area contributed by atoms with Crippen molar-refractivity contribution in [3.63, 3.8) is 0 Å². The molecule has 0 N–H and O–H groups in total. The van der Waals surface area contributed by atoms with E-state index >= 15 is 0 Å². The monoisotopic (exact) mass is 307 g/mol. The van der Waals surface area contributed by atoms with Crippen LogP contribution < -0.4 is 4.74 Å². The summed E-state index contributed by atoms with van der Waals surface area (Å²) in [7, 11) is 0. The Hall–Kier alpha value is -2.88. The molecule has 0 radical (unpaired) electrons. The van der Waals surface area contributed by atoms with Crippen LogP contribution in [0.15, 0.2) is 59.0 Å². The van der Waals surface area contributed by atoms with Crippen molar-refractivity contribution in [2.75, 3.05) is 0 Å². The van der Waals surface area contributed by atoms with Gasteiger partial charge < -0.3 is 13.9 Å². The van der Waals surface area contributed by atoms with Gasteiger partial charge in [0.25, 0.3) is 0 Å². The van der Waals surface area contributed by atoms with Gasteiger partial charge in [-0.05, 0) is 36.8 Å². The van der Waals surface area contributed by atoms with E-state index in [4.69, 9.17) is 9.15 Å². The summed E-state index contributed by atoms with van der Waals surface area (Å²) in [5.41, 5.74) is 2.66. The molecule has 3 rings (SSSR count). The number of rotatable bonds is 6. The molecule has 1 heterocycles. The van der Waals surface area contributed by atoms with Crippen LogP contribution in [0.1, 0.15) is 17.0 Å². The molecule has 0 spiro atoms. The van der Waals surface area contributed by atoms with Gasteiger partial charge in [-0.25, -0.2) is 4.98 Å². The highest BCUT2D eigenvalue weighted by molar-refractivity contribution is 5.58. The zero-order valence-electron chi connectivity index (χ0n) is 12.9. The molecular formula is C19H17NO3. The summed E-state index contributed by atoms with van der Waals surface area (Å²) in [6, 6.07) is 17.6. The van der Waals surface area contributed by atoms with Crippen molar-refractivity contribution in [3.05, 3.63) is 71.6 Å². The summed E-state index contributed by atoms with van der Waals surface area (Å²) in [6.07, 6.45) is 1.10. The number of hydrogen-bond donors (Lipinski definition) is 0. The molecule has 3 aromatic rings. The van der Waals surface area contributed by atoms with Crippen LogP contribution in [0.25, 0.3) is 11.5 Å². The van der Waals surface area contributed by atoms with Crippen LogP contribution in [0.2, 0.25) is 0 Å². The molecule has 23 heavy (non-hydrogen) atoms. The van der Waals surface area contributed by atoms with E-state index in [9.17, 15) is 4.79 Å². The van der Waals surface area contributed by atoms with Gasteiger partial charge in [0, 0.05) is 12.0 Å². The average molecular weight is 307 g/mol. The molecule has 4 nitrogen and oxygen atoms in total. The van der Waals surface area contributed by atoms with Crippen LogP contribution in [-0.2, 0) is 17.8 Å². The SMILES string of the molecule is Cc1oc(-c2ccc(OCc3ccccc3)cc2)nc1CC=O. The van der Waals surface area contributed by atoms with Gasteiger partial charge in [-0.15, -0.1) is 0 Å². The molecule has 2 aromatic carbocycles. The molecule has 0 saturated carbocycles. The maximum Gasteiger partial charge on any atom is 0.226 e. The maximum absolute atomic E-state index is 10.6. The normalized spacial score (nSPS) is 10.5. The Kier molecular flexibility index (Phi) is 4.52. The van der Waals surface area contributed by atoms with Gasteiger partial charge in [0.1, 0.15) is 24.4 Å². The van der Waals surface area contributed by atoms with E-state index in [0.29, 0.717) is 24.0 Å². The predicted octanol–water partition coefficient (Wildman–Crippen LogP) is 3.97. The van der Waals surface area contributed by atoms with Crippen LogP contribution in [0, 0.1) is 6.92 Å². The Labute approximate surface area is 134 Å². The number of hydrogen-bond acceptors (Lipinski definition) is 4. The summed E-state index contributed by atoms with van der Waals surface area (Å²) >= 11 is 0. The molecule has 0 fully saturated rings. The third-order valence-electron chi connectivity index (χ3n) is 3.52. The Morgan fingerprint density at radius 2 is 1.83 bits per heavy atom. The minimum absolute atomic E-state index is 0.271. The fourth-order valence-corrected chi connectivity index (χ4v) is 2.25. The summed E-state index contributed by atoms with van der Waals surface area (Å²) in [4.78, 5) is 15.0. The van der Waals surface area contributed by atoms with Gasteiger partial charge in [0.15, 0.2) is 0 Å². The number of benzene rings is 2. The van der Waals surface area contributed by atoms with Crippen molar-refractivity contribution in [1.82, 2.24) is 4.98 Å². The summed E-state index contributed by atoms with van der Waals surface area (Å²) in [5, 5.41) is 0. The zero-order valence-corrected chi connectivity index (χ0v) is 12.9. The molecule has 0 aliphatic heterocycles. The number of oxazole rings is 1. The highest BCUT2D eigenvalue weighted by atomic mass is 16.5. The second-order valence-electron chi connectivity index (χ2n) is 5.19. The van der Waals surface area contributed by atoms with E-state index in [1.54, 1.807) is 0 Å². The molecular weight excluding hydrogens is 290 g/mol. The highest BCUT2D eigenvalue weighted by Gasteiger charge is 2.11. The number of aromatic nitrogens is 1. The first-order chi connectivity index (χ1) is 11.3. The summed E-state index contributed by atoms with van der Waals surface area (Å²) < 4.78 is 11.4. The molecule has 0 aliphatic rings.